The zero-order valence-electron chi connectivity index (χ0n) is 11.7. The van der Waals surface area contributed by atoms with E-state index in [4.69, 9.17) is 9.47 Å². The van der Waals surface area contributed by atoms with Gasteiger partial charge in [0.2, 0.25) is 0 Å². The molecule has 1 aliphatic heterocycles. The van der Waals surface area contributed by atoms with Crippen molar-refractivity contribution in [3.63, 3.8) is 0 Å². The summed E-state index contributed by atoms with van der Waals surface area (Å²) in [7, 11) is 0. The fourth-order valence-electron chi connectivity index (χ4n) is 1.97. The number of ether oxygens (including phenoxy) is 2. The second kappa shape index (κ2) is 6.30. The summed E-state index contributed by atoms with van der Waals surface area (Å²) in [6, 6.07) is 0. The molecule has 1 saturated heterocycles. The standard InChI is InChI=1S/C13H26O5/c1-8(14)5-6-9(2)17-12-10(15)7-11(16)13(3,4)18-12/h8-12,14-16H,5-7H2,1-4H3. The van der Waals surface area contributed by atoms with Crippen molar-refractivity contribution in [2.45, 2.75) is 83.3 Å². The SMILES string of the molecule is CC(O)CCC(C)OC1OC(C)(C)C(O)CC1O. The van der Waals surface area contributed by atoms with E-state index in [0.29, 0.717) is 12.8 Å². The van der Waals surface area contributed by atoms with Crippen molar-refractivity contribution in [3.8, 4) is 0 Å². The summed E-state index contributed by atoms with van der Waals surface area (Å²) in [4.78, 5) is 0. The number of aliphatic hydroxyl groups is 3. The lowest BCUT2D eigenvalue weighted by atomic mass is 9.92. The topological polar surface area (TPSA) is 79.2 Å². The van der Waals surface area contributed by atoms with Crippen LogP contribution < -0.4 is 0 Å². The summed E-state index contributed by atoms with van der Waals surface area (Å²) in [6.45, 7) is 7.18. The summed E-state index contributed by atoms with van der Waals surface area (Å²) in [5.74, 6) is 0. The van der Waals surface area contributed by atoms with Gasteiger partial charge in [0, 0.05) is 6.42 Å². The van der Waals surface area contributed by atoms with Crippen LogP contribution in [-0.4, -0.2) is 51.6 Å². The molecule has 18 heavy (non-hydrogen) atoms. The van der Waals surface area contributed by atoms with Gasteiger partial charge >= 0.3 is 0 Å². The third-order valence-electron chi connectivity index (χ3n) is 3.36. The highest BCUT2D eigenvalue weighted by Gasteiger charge is 2.42. The van der Waals surface area contributed by atoms with Gasteiger partial charge in [0.1, 0.15) is 6.10 Å². The van der Waals surface area contributed by atoms with E-state index in [9.17, 15) is 15.3 Å². The molecule has 1 rings (SSSR count). The Morgan fingerprint density at radius 1 is 1.28 bits per heavy atom. The lowest BCUT2D eigenvalue weighted by Gasteiger charge is -2.43. The van der Waals surface area contributed by atoms with Crippen LogP contribution in [0.15, 0.2) is 0 Å². The molecule has 0 aromatic carbocycles. The third kappa shape index (κ3) is 4.48. The molecule has 5 unspecified atom stereocenters. The van der Waals surface area contributed by atoms with Crippen molar-refractivity contribution in [1.82, 2.24) is 0 Å². The summed E-state index contributed by atoms with van der Waals surface area (Å²) in [6.07, 6.45) is -1.09. The summed E-state index contributed by atoms with van der Waals surface area (Å²) >= 11 is 0. The minimum Gasteiger partial charge on any atom is -0.393 e. The lowest BCUT2D eigenvalue weighted by Crippen LogP contribution is -2.54. The zero-order chi connectivity index (χ0) is 13.9. The van der Waals surface area contributed by atoms with Crippen LogP contribution in [0, 0.1) is 0 Å². The van der Waals surface area contributed by atoms with Crippen molar-refractivity contribution < 1.29 is 24.8 Å². The minimum atomic E-state index is -0.818. The van der Waals surface area contributed by atoms with Crippen LogP contribution in [0.5, 0.6) is 0 Å². The van der Waals surface area contributed by atoms with Crippen LogP contribution in [0.2, 0.25) is 0 Å². The Bertz CT molecular complexity index is 254. The maximum absolute atomic E-state index is 9.84. The van der Waals surface area contributed by atoms with Crippen molar-refractivity contribution in [2.75, 3.05) is 0 Å². The van der Waals surface area contributed by atoms with Gasteiger partial charge in [-0.2, -0.15) is 0 Å². The van der Waals surface area contributed by atoms with Gasteiger partial charge in [0.25, 0.3) is 0 Å². The molecule has 1 fully saturated rings. The Morgan fingerprint density at radius 3 is 2.44 bits per heavy atom. The number of hydrogen-bond acceptors (Lipinski definition) is 5. The molecule has 0 aromatic rings. The van der Waals surface area contributed by atoms with Crippen LogP contribution >= 0.6 is 0 Å². The molecule has 5 nitrogen and oxygen atoms in total. The van der Waals surface area contributed by atoms with Crippen LogP contribution in [0.4, 0.5) is 0 Å². The van der Waals surface area contributed by atoms with E-state index < -0.39 is 24.1 Å². The van der Waals surface area contributed by atoms with Crippen LogP contribution in [0.1, 0.15) is 47.0 Å². The molecule has 0 saturated carbocycles. The van der Waals surface area contributed by atoms with Gasteiger partial charge in [-0.15, -0.1) is 0 Å². The molecule has 0 amide bonds. The Morgan fingerprint density at radius 2 is 1.89 bits per heavy atom. The quantitative estimate of drug-likeness (QED) is 0.683. The Labute approximate surface area is 109 Å². The Balaban J connectivity index is 2.45. The van der Waals surface area contributed by atoms with Gasteiger partial charge in [0.05, 0.1) is 23.9 Å². The number of rotatable bonds is 5. The van der Waals surface area contributed by atoms with Crippen molar-refractivity contribution in [1.29, 1.82) is 0 Å². The van der Waals surface area contributed by atoms with Crippen molar-refractivity contribution >= 4 is 0 Å². The monoisotopic (exact) mass is 262 g/mol. The fourth-order valence-corrected chi connectivity index (χ4v) is 1.97. The summed E-state index contributed by atoms with van der Waals surface area (Å²) < 4.78 is 11.2. The molecule has 1 heterocycles. The highest BCUT2D eigenvalue weighted by molar-refractivity contribution is 4.88. The molecule has 0 bridgehead atoms. The molecule has 0 aliphatic carbocycles. The molecule has 0 spiro atoms. The van der Waals surface area contributed by atoms with Crippen LogP contribution in [0.25, 0.3) is 0 Å². The lowest BCUT2D eigenvalue weighted by molar-refractivity contribution is -0.304. The predicted octanol–water partition coefficient (Wildman–Crippen LogP) is 0.799. The summed E-state index contributed by atoms with van der Waals surface area (Å²) in [5.41, 5.74) is -0.714. The molecule has 108 valence electrons. The Kier molecular flexibility index (Phi) is 5.55. The fraction of sp³-hybridized carbons (Fsp3) is 1.00. The zero-order valence-corrected chi connectivity index (χ0v) is 11.7. The van der Waals surface area contributed by atoms with E-state index in [0.717, 1.165) is 0 Å². The maximum atomic E-state index is 9.84. The minimum absolute atomic E-state index is 0.106. The number of hydrogen-bond donors (Lipinski definition) is 3. The first-order valence-electron chi connectivity index (χ1n) is 6.60. The van der Waals surface area contributed by atoms with E-state index >= 15 is 0 Å². The molecular weight excluding hydrogens is 236 g/mol. The van der Waals surface area contributed by atoms with E-state index in [1.54, 1.807) is 20.8 Å². The predicted molar refractivity (Wildman–Crippen MR) is 67.0 cm³/mol. The van der Waals surface area contributed by atoms with Crippen molar-refractivity contribution in [2.24, 2.45) is 0 Å². The van der Waals surface area contributed by atoms with E-state index in [1.165, 1.54) is 0 Å². The molecule has 5 heteroatoms. The molecule has 0 radical (unpaired) electrons. The van der Waals surface area contributed by atoms with Gasteiger partial charge in [-0.1, -0.05) is 0 Å². The molecular formula is C13H26O5. The van der Waals surface area contributed by atoms with E-state index in [1.807, 2.05) is 6.92 Å². The van der Waals surface area contributed by atoms with E-state index in [-0.39, 0.29) is 18.6 Å². The highest BCUT2D eigenvalue weighted by Crippen LogP contribution is 2.30. The highest BCUT2D eigenvalue weighted by atomic mass is 16.7. The largest absolute Gasteiger partial charge is 0.393 e. The van der Waals surface area contributed by atoms with Crippen LogP contribution in [0.3, 0.4) is 0 Å². The molecule has 3 N–H and O–H groups in total. The molecule has 5 atom stereocenters. The normalized spacial score (nSPS) is 35.2. The molecule has 0 aromatic heterocycles. The Hall–Kier alpha value is -0.200. The van der Waals surface area contributed by atoms with Gasteiger partial charge in [-0.05, 0) is 40.5 Å². The van der Waals surface area contributed by atoms with Gasteiger partial charge in [0.15, 0.2) is 6.29 Å². The number of aliphatic hydroxyl groups excluding tert-OH is 3. The first kappa shape index (κ1) is 15.9. The average Bonchev–Trinajstić information content (AvgIpc) is 2.23. The van der Waals surface area contributed by atoms with Gasteiger partial charge in [-0.3, -0.25) is 0 Å². The van der Waals surface area contributed by atoms with E-state index in [2.05, 4.69) is 0 Å². The average molecular weight is 262 g/mol. The smallest absolute Gasteiger partial charge is 0.184 e. The van der Waals surface area contributed by atoms with Crippen molar-refractivity contribution in [3.05, 3.63) is 0 Å². The molecule has 1 aliphatic rings. The first-order chi connectivity index (χ1) is 8.22. The second-order valence-electron chi connectivity index (χ2n) is 5.78. The van der Waals surface area contributed by atoms with Gasteiger partial charge in [-0.25, -0.2) is 0 Å². The van der Waals surface area contributed by atoms with Crippen LogP contribution in [-0.2, 0) is 9.47 Å². The third-order valence-corrected chi connectivity index (χ3v) is 3.36. The summed E-state index contributed by atoms with van der Waals surface area (Å²) in [5, 5.41) is 28.8. The second-order valence-corrected chi connectivity index (χ2v) is 5.78. The first-order valence-corrected chi connectivity index (χ1v) is 6.60. The maximum Gasteiger partial charge on any atom is 0.184 e. The van der Waals surface area contributed by atoms with Gasteiger partial charge < -0.3 is 24.8 Å².